The molecule has 1 aliphatic rings. The van der Waals surface area contributed by atoms with Crippen molar-refractivity contribution in [2.24, 2.45) is 0 Å². The number of piperidine rings is 1. The van der Waals surface area contributed by atoms with Crippen LogP contribution in [0.25, 0.3) is 5.69 Å². The number of hydrogen-bond acceptors (Lipinski definition) is 3. The highest BCUT2D eigenvalue weighted by Gasteiger charge is 2.28. The molecule has 1 aliphatic heterocycles. The average Bonchev–Trinajstić information content (AvgIpc) is 3.17. The number of hydrogen-bond donors (Lipinski definition) is 0. The van der Waals surface area contributed by atoms with Crippen molar-refractivity contribution in [1.29, 1.82) is 0 Å². The topological polar surface area (TPSA) is 51.0 Å². The van der Waals surface area contributed by atoms with Crippen molar-refractivity contribution in [1.82, 2.24) is 19.7 Å². The molecule has 2 heterocycles. The van der Waals surface area contributed by atoms with E-state index >= 15 is 0 Å². The lowest BCUT2D eigenvalue weighted by atomic mass is 10.0. The summed E-state index contributed by atoms with van der Waals surface area (Å²) in [5.74, 6) is 1.08. The van der Waals surface area contributed by atoms with E-state index in [1.54, 1.807) is 0 Å². The summed E-state index contributed by atoms with van der Waals surface area (Å²) in [7, 11) is 0. The van der Waals surface area contributed by atoms with Gasteiger partial charge in [0, 0.05) is 19.0 Å². The molecule has 0 bridgehead atoms. The van der Waals surface area contributed by atoms with Gasteiger partial charge in [0.25, 0.3) is 5.91 Å². The number of rotatable bonds is 5. The summed E-state index contributed by atoms with van der Waals surface area (Å²) in [6.07, 6.45) is 4.87. The van der Waals surface area contributed by atoms with Crippen molar-refractivity contribution in [3.63, 3.8) is 0 Å². The minimum atomic E-state index is -0.0513. The molecule has 1 aromatic heterocycles. The predicted octanol–water partition coefficient (Wildman–Crippen LogP) is 4.38. The van der Waals surface area contributed by atoms with Gasteiger partial charge in [0.05, 0.1) is 5.69 Å². The summed E-state index contributed by atoms with van der Waals surface area (Å²) in [5, 5.41) is 4.66. The van der Waals surface area contributed by atoms with E-state index in [9.17, 15) is 4.79 Å². The molecule has 1 saturated heterocycles. The lowest BCUT2D eigenvalue weighted by Gasteiger charge is -2.32. The molecule has 150 valence electrons. The largest absolute Gasteiger partial charge is 0.333 e. The van der Waals surface area contributed by atoms with E-state index in [0.717, 1.165) is 49.3 Å². The van der Waals surface area contributed by atoms with Gasteiger partial charge in [0.2, 0.25) is 5.82 Å². The molecule has 0 unspecified atom stereocenters. The van der Waals surface area contributed by atoms with Gasteiger partial charge in [0.1, 0.15) is 5.82 Å². The van der Waals surface area contributed by atoms with Crippen molar-refractivity contribution >= 4 is 5.91 Å². The Kier molecular flexibility index (Phi) is 5.74. The Bertz CT molecular complexity index is 980. The second-order valence-corrected chi connectivity index (χ2v) is 7.93. The lowest BCUT2D eigenvalue weighted by molar-refractivity contribution is 0.0623. The van der Waals surface area contributed by atoms with Gasteiger partial charge >= 0.3 is 0 Å². The maximum absolute atomic E-state index is 13.1. The average molecular weight is 389 g/mol. The molecule has 29 heavy (non-hydrogen) atoms. The van der Waals surface area contributed by atoms with E-state index in [1.807, 2.05) is 39.9 Å². The fraction of sp³-hybridized carbons (Fsp3) is 0.375. The van der Waals surface area contributed by atoms with Crippen molar-refractivity contribution in [2.45, 2.75) is 52.0 Å². The Morgan fingerprint density at radius 3 is 2.66 bits per heavy atom. The molecule has 4 rings (SSSR count). The number of aromatic nitrogens is 3. The zero-order valence-electron chi connectivity index (χ0n) is 17.2. The van der Waals surface area contributed by atoms with Crippen LogP contribution in [0.3, 0.4) is 0 Å². The Morgan fingerprint density at radius 1 is 1.07 bits per heavy atom. The fourth-order valence-corrected chi connectivity index (χ4v) is 3.99. The molecule has 0 spiro atoms. The Balaban J connectivity index is 1.65. The highest BCUT2D eigenvalue weighted by Crippen LogP contribution is 2.20. The molecule has 3 aromatic rings. The molecule has 0 saturated carbocycles. The van der Waals surface area contributed by atoms with Gasteiger partial charge in [0.15, 0.2) is 0 Å². The van der Waals surface area contributed by atoms with Crippen molar-refractivity contribution in [2.75, 3.05) is 6.54 Å². The van der Waals surface area contributed by atoms with E-state index in [1.165, 1.54) is 12.0 Å². The number of aryl methyl sites for hydroxylation is 3. The molecule has 5 heteroatoms. The van der Waals surface area contributed by atoms with Gasteiger partial charge in [-0.2, -0.15) is 0 Å². The summed E-state index contributed by atoms with van der Waals surface area (Å²) in [4.78, 5) is 19.8. The highest BCUT2D eigenvalue weighted by molar-refractivity contribution is 5.90. The summed E-state index contributed by atoms with van der Waals surface area (Å²) in [6.45, 7) is 4.97. The summed E-state index contributed by atoms with van der Waals surface area (Å²) in [5.41, 5.74) is 3.36. The number of nitrogens with zero attached hydrogens (tertiary/aromatic N) is 4. The van der Waals surface area contributed by atoms with Crippen LogP contribution < -0.4 is 0 Å². The van der Waals surface area contributed by atoms with Gasteiger partial charge in [-0.25, -0.2) is 9.67 Å². The standard InChI is InChI=1S/C24H28N4O/c1-18-9-8-13-21(17-18)28-22(15-14-20-11-4-3-5-12-20)25-23(26-28)24(29)27-16-7-6-10-19(27)2/h3-5,8-9,11-13,17,19H,6-7,10,14-16H2,1-2H3/t19-/m0/s1. The van der Waals surface area contributed by atoms with Gasteiger partial charge in [-0.15, -0.1) is 5.10 Å². The van der Waals surface area contributed by atoms with Crippen LogP contribution in [0.5, 0.6) is 0 Å². The van der Waals surface area contributed by atoms with E-state index in [0.29, 0.717) is 5.82 Å². The van der Waals surface area contributed by atoms with Crippen LogP contribution in [0.1, 0.15) is 53.8 Å². The van der Waals surface area contributed by atoms with Crippen LogP contribution in [-0.4, -0.2) is 38.2 Å². The first kappa shape index (κ1) is 19.4. The summed E-state index contributed by atoms with van der Waals surface area (Å²) in [6, 6.07) is 18.8. The highest BCUT2D eigenvalue weighted by atomic mass is 16.2. The van der Waals surface area contributed by atoms with Crippen molar-refractivity contribution < 1.29 is 4.79 Å². The minimum Gasteiger partial charge on any atom is -0.333 e. The fourth-order valence-electron chi connectivity index (χ4n) is 3.99. The Labute approximate surface area is 172 Å². The van der Waals surface area contributed by atoms with Crippen LogP contribution in [0, 0.1) is 6.92 Å². The maximum Gasteiger partial charge on any atom is 0.293 e. The van der Waals surface area contributed by atoms with E-state index in [4.69, 9.17) is 4.98 Å². The molecule has 1 atom stereocenters. The van der Waals surface area contributed by atoms with Gasteiger partial charge in [-0.3, -0.25) is 4.79 Å². The number of amides is 1. The number of likely N-dealkylation sites (tertiary alicyclic amines) is 1. The summed E-state index contributed by atoms with van der Waals surface area (Å²) < 4.78 is 1.85. The lowest BCUT2D eigenvalue weighted by Crippen LogP contribution is -2.42. The second kappa shape index (κ2) is 8.60. The Morgan fingerprint density at radius 2 is 1.90 bits per heavy atom. The first-order valence-electron chi connectivity index (χ1n) is 10.5. The maximum atomic E-state index is 13.1. The second-order valence-electron chi connectivity index (χ2n) is 7.93. The molecule has 1 fully saturated rings. The predicted molar refractivity (Wildman–Crippen MR) is 114 cm³/mol. The molecule has 1 amide bonds. The van der Waals surface area contributed by atoms with Gasteiger partial charge in [-0.1, -0.05) is 42.5 Å². The third kappa shape index (κ3) is 4.39. The molecule has 5 nitrogen and oxygen atoms in total. The Hall–Kier alpha value is -2.95. The first-order valence-corrected chi connectivity index (χ1v) is 10.5. The van der Waals surface area contributed by atoms with Crippen LogP contribution in [0.15, 0.2) is 54.6 Å². The first-order chi connectivity index (χ1) is 14.1. The van der Waals surface area contributed by atoms with E-state index < -0.39 is 0 Å². The third-order valence-corrected chi connectivity index (χ3v) is 5.66. The molecule has 2 aromatic carbocycles. The monoisotopic (exact) mass is 388 g/mol. The number of carbonyl (C=O) groups is 1. The van der Waals surface area contributed by atoms with Crippen LogP contribution >= 0.6 is 0 Å². The molecule has 0 aliphatic carbocycles. The zero-order valence-corrected chi connectivity index (χ0v) is 17.2. The zero-order chi connectivity index (χ0) is 20.2. The van der Waals surface area contributed by atoms with Crippen molar-refractivity contribution in [3.8, 4) is 5.69 Å². The minimum absolute atomic E-state index is 0.0513. The van der Waals surface area contributed by atoms with Crippen molar-refractivity contribution in [3.05, 3.63) is 77.4 Å². The number of benzene rings is 2. The SMILES string of the molecule is Cc1cccc(-n2nc(C(=O)N3CCCC[C@@H]3C)nc2CCc2ccccc2)c1. The molecular formula is C24H28N4O. The van der Waals surface area contributed by atoms with E-state index in [2.05, 4.69) is 43.2 Å². The molecule has 0 N–H and O–H groups in total. The quantitative estimate of drug-likeness (QED) is 0.652. The molecule has 0 radical (unpaired) electrons. The normalized spacial score (nSPS) is 16.8. The number of carbonyl (C=O) groups excluding carboxylic acids is 1. The van der Waals surface area contributed by atoms with Crippen LogP contribution in [0.2, 0.25) is 0 Å². The third-order valence-electron chi connectivity index (χ3n) is 5.66. The van der Waals surface area contributed by atoms with Gasteiger partial charge < -0.3 is 4.90 Å². The summed E-state index contributed by atoms with van der Waals surface area (Å²) >= 11 is 0. The van der Waals surface area contributed by atoms with Gasteiger partial charge in [-0.05, 0) is 62.8 Å². The van der Waals surface area contributed by atoms with E-state index in [-0.39, 0.29) is 11.9 Å². The van der Waals surface area contributed by atoms with Crippen LogP contribution in [-0.2, 0) is 12.8 Å². The smallest absolute Gasteiger partial charge is 0.293 e. The molecular weight excluding hydrogens is 360 g/mol. The van der Waals surface area contributed by atoms with Crippen LogP contribution in [0.4, 0.5) is 0 Å².